The third-order valence-electron chi connectivity index (χ3n) is 6.42. The highest BCUT2D eigenvalue weighted by Crippen LogP contribution is 2.31. The number of aliphatic hydroxyl groups is 1. The third-order valence-corrected chi connectivity index (χ3v) is 7.85. The zero-order valence-electron chi connectivity index (χ0n) is 25.5. The van der Waals surface area contributed by atoms with Crippen LogP contribution in [-0.4, -0.2) is 78.7 Å². The summed E-state index contributed by atoms with van der Waals surface area (Å²) < 4.78 is 37.6. The minimum absolute atomic E-state index is 0.00607. The molecule has 0 unspecified atom stereocenters. The SMILES string of the molecule is Cc1c(C#N)c(O)n(CCNc2nc(NCCO)nc(Nc3cccc(S(=O)(=O)O)c3)n2)c(=O)c1N=Nc1cc(SOOO)ccc1C(=O)O. The van der Waals surface area contributed by atoms with Crippen LogP contribution in [0, 0.1) is 18.3 Å². The normalized spacial score (nSPS) is 11.3. The molecule has 0 saturated carbocycles. The summed E-state index contributed by atoms with van der Waals surface area (Å²) in [7, 11) is -4.50. The zero-order valence-corrected chi connectivity index (χ0v) is 27.1. The fourth-order valence-corrected chi connectivity index (χ4v) is 5.07. The number of hydrogen-bond donors (Lipinski definition) is 8. The van der Waals surface area contributed by atoms with Crippen molar-refractivity contribution in [1.29, 1.82) is 5.26 Å². The standard InChI is InChI=1S/C27H26N10O11S2/c1-14-19(13-28)22(39)37(23(40)21(14)36-35-20-12-16(49-48-47-43)5-6-18(20)24(41)42)9-7-29-25-32-26(30-8-10-38)34-27(33-25)31-15-3-2-4-17(11-15)50(44,45)46/h2-6,11-12,38-39,43H,7-10H2,1H3,(H,41,42)(H,44,45,46)(H3,29,30,31,32,33,34). The van der Waals surface area contributed by atoms with Gasteiger partial charge in [-0.25, -0.2) is 10.1 Å². The van der Waals surface area contributed by atoms with E-state index in [1.165, 1.54) is 43.3 Å². The predicted octanol–water partition coefficient (Wildman–Crippen LogP) is 2.97. The molecule has 262 valence electrons. The Balaban J connectivity index is 1.63. The van der Waals surface area contributed by atoms with Gasteiger partial charge >= 0.3 is 5.97 Å². The number of hydrogen-bond acceptors (Lipinski definition) is 19. The van der Waals surface area contributed by atoms with Crippen molar-refractivity contribution < 1.29 is 47.7 Å². The number of aromatic hydroxyl groups is 1. The number of carboxylic acids is 1. The van der Waals surface area contributed by atoms with Crippen LogP contribution in [0.15, 0.2) is 67.3 Å². The van der Waals surface area contributed by atoms with Crippen LogP contribution in [0.3, 0.4) is 0 Å². The summed E-state index contributed by atoms with van der Waals surface area (Å²) in [6, 6.07) is 10.7. The van der Waals surface area contributed by atoms with E-state index in [1.54, 1.807) is 6.07 Å². The number of carboxylic acid groups (broad SMARTS) is 1. The molecule has 8 N–H and O–H groups in total. The summed E-state index contributed by atoms with van der Waals surface area (Å²) in [6.45, 7) is 0.731. The molecule has 50 heavy (non-hydrogen) atoms. The number of benzene rings is 2. The van der Waals surface area contributed by atoms with Crippen LogP contribution in [0.4, 0.5) is 34.9 Å². The first-order valence-electron chi connectivity index (χ1n) is 13.9. The van der Waals surface area contributed by atoms with Gasteiger partial charge in [0.2, 0.25) is 23.7 Å². The second-order valence-corrected chi connectivity index (χ2v) is 11.9. The highest BCUT2D eigenvalue weighted by molar-refractivity contribution is 7.94. The molecule has 21 nitrogen and oxygen atoms in total. The van der Waals surface area contributed by atoms with Crippen molar-refractivity contribution in [3.05, 3.63) is 69.5 Å². The Labute approximate surface area is 285 Å². The van der Waals surface area contributed by atoms with E-state index in [9.17, 15) is 43.1 Å². The fourth-order valence-electron chi connectivity index (χ4n) is 4.15. The number of anilines is 4. The van der Waals surface area contributed by atoms with Gasteiger partial charge in [0.25, 0.3) is 15.7 Å². The third kappa shape index (κ3) is 9.24. The number of carbonyl (C=O) groups is 1. The number of azo groups is 1. The topological polar surface area (TPSA) is 316 Å². The molecule has 4 rings (SSSR count). The lowest BCUT2D eigenvalue weighted by Gasteiger charge is -2.14. The van der Waals surface area contributed by atoms with Crippen LogP contribution < -0.4 is 21.5 Å². The molecule has 0 saturated heterocycles. The Morgan fingerprint density at radius 1 is 1.08 bits per heavy atom. The predicted molar refractivity (Wildman–Crippen MR) is 173 cm³/mol. The largest absolute Gasteiger partial charge is 0.493 e. The minimum atomic E-state index is -4.50. The molecule has 2 aromatic carbocycles. The second-order valence-electron chi connectivity index (χ2n) is 9.66. The molecule has 0 aliphatic carbocycles. The number of aromatic nitrogens is 4. The van der Waals surface area contributed by atoms with Gasteiger partial charge in [0.05, 0.1) is 29.1 Å². The van der Waals surface area contributed by atoms with E-state index >= 15 is 0 Å². The van der Waals surface area contributed by atoms with Crippen LogP contribution in [-0.2, 0) is 26.0 Å². The molecule has 0 aliphatic heterocycles. The lowest BCUT2D eigenvalue weighted by molar-refractivity contribution is -0.432. The van der Waals surface area contributed by atoms with Crippen molar-refractivity contribution in [2.45, 2.75) is 23.3 Å². The number of nitrogens with one attached hydrogen (secondary N) is 3. The minimum Gasteiger partial charge on any atom is -0.493 e. The van der Waals surface area contributed by atoms with Crippen molar-refractivity contribution in [3.63, 3.8) is 0 Å². The molecule has 0 radical (unpaired) electrons. The molecule has 0 spiro atoms. The monoisotopic (exact) mass is 730 g/mol. The van der Waals surface area contributed by atoms with Crippen LogP contribution in [0.1, 0.15) is 21.5 Å². The number of aromatic carboxylic acids is 1. The fraction of sp³-hybridized carbons (Fsp3) is 0.185. The van der Waals surface area contributed by atoms with Crippen LogP contribution in [0.25, 0.3) is 0 Å². The molecule has 0 aliphatic rings. The smallest absolute Gasteiger partial charge is 0.337 e. The van der Waals surface area contributed by atoms with Crippen molar-refractivity contribution >= 4 is 63.0 Å². The van der Waals surface area contributed by atoms with Crippen molar-refractivity contribution in [1.82, 2.24) is 19.5 Å². The summed E-state index contributed by atoms with van der Waals surface area (Å²) >= 11 is 0.528. The summed E-state index contributed by atoms with van der Waals surface area (Å²) in [5, 5.41) is 67.5. The van der Waals surface area contributed by atoms with Crippen molar-refractivity contribution in [2.24, 2.45) is 10.2 Å². The molecule has 0 atom stereocenters. The van der Waals surface area contributed by atoms with Gasteiger partial charge in [-0.3, -0.25) is 13.9 Å². The lowest BCUT2D eigenvalue weighted by atomic mass is 10.1. The van der Waals surface area contributed by atoms with Gasteiger partial charge in [0, 0.05) is 35.8 Å². The number of pyridine rings is 1. The quantitative estimate of drug-likeness (QED) is 0.0270. The molecular formula is C27H26N10O11S2. The first-order chi connectivity index (χ1) is 23.9. The molecule has 2 heterocycles. The van der Waals surface area contributed by atoms with Gasteiger partial charge in [0.1, 0.15) is 17.3 Å². The Morgan fingerprint density at radius 3 is 2.42 bits per heavy atom. The van der Waals surface area contributed by atoms with Crippen molar-refractivity contribution in [2.75, 3.05) is 35.6 Å². The summed E-state index contributed by atoms with van der Waals surface area (Å²) in [5.74, 6) is -2.20. The van der Waals surface area contributed by atoms with Gasteiger partial charge in [0.15, 0.2) is 5.69 Å². The summed E-state index contributed by atoms with van der Waals surface area (Å²) in [4.78, 5) is 37.6. The molecule has 0 amide bonds. The van der Waals surface area contributed by atoms with E-state index in [0.29, 0.717) is 12.0 Å². The highest BCUT2D eigenvalue weighted by atomic mass is 32.2. The Hall–Kier alpha value is -5.74. The van der Waals surface area contributed by atoms with Gasteiger partial charge in [-0.1, -0.05) is 11.1 Å². The van der Waals surface area contributed by atoms with Gasteiger partial charge < -0.3 is 31.3 Å². The van der Waals surface area contributed by atoms with Gasteiger partial charge in [-0.15, -0.1) is 14.6 Å². The van der Waals surface area contributed by atoms with Crippen LogP contribution in [0.2, 0.25) is 0 Å². The summed E-state index contributed by atoms with van der Waals surface area (Å²) in [5.41, 5.74) is -1.91. The molecule has 2 aromatic heterocycles. The van der Waals surface area contributed by atoms with E-state index in [2.05, 4.69) is 50.5 Å². The number of nitrogens with zero attached hydrogens (tertiary/aromatic N) is 7. The first kappa shape index (κ1) is 37.1. The molecule has 0 fully saturated rings. The zero-order chi connectivity index (χ0) is 36.4. The maximum absolute atomic E-state index is 13.5. The van der Waals surface area contributed by atoms with Gasteiger partial charge in [-0.05, 0) is 43.3 Å². The molecule has 0 bridgehead atoms. The Morgan fingerprint density at radius 2 is 1.78 bits per heavy atom. The highest BCUT2D eigenvalue weighted by Gasteiger charge is 2.20. The average Bonchev–Trinajstić information content (AvgIpc) is 3.07. The van der Waals surface area contributed by atoms with Crippen molar-refractivity contribution in [3.8, 4) is 11.9 Å². The number of nitriles is 1. The van der Waals surface area contributed by atoms with Gasteiger partial charge in [-0.2, -0.15) is 28.6 Å². The Kier molecular flexibility index (Phi) is 12.3. The number of aliphatic hydroxyl groups excluding tert-OH is 1. The van der Waals surface area contributed by atoms with Crippen LogP contribution in [0.5, 0.6) is 5.88 Å². The van der Waals surface area contributed by atoms with E-state index < -0.39 is 27.5 Å². The molecule has 4 aromatic rings. The van der Waals surface area contributed by atoms with Crippen LogP contribution >= 0.6 is 12.0 Å². The van der Waals surface area contributed by atoms with E-state index in [-0.39, 0.29) is 87.6 Å². The maximum Gasteiger partial charge on any atom is 0.337 e. The summed E-state index contributed by atoms with van der Waals surface area (Å²) in [6.07, 6.45) is 0. The lowest BCUT2D eigenvalue weighted by Crippen LogP contribution is -2.25. The molecule has 23 heteroatoms. The van der Waals surface area contributed by atoms with E-state index in [0.717, 1.165) is 10.6 Å². The Bertz CT molecular complexity index is 2140. The van der Waals surface area contributed by atoms with E-state index in [4.69, 9.17) is 5.26 Å². The second kappa shape index (κ2) is 16.6. The molecular weight excluding hydrogens is 704 g/mol. The number of rotatable bonds is 16. The van der Waals surface area contributed by atoms with E-state index in [1.807, 2.05) is 0 Å². The maximum atomic E-state index is 13.5. The first-order valence-corrected chi connectivity index (χ1v) is 16.0. The average molecular weight is 731 g/mol.